The lowest BCUT2D eigenvalue weighted by Crippen LogP contribution is -1.96. The van der Waals surface area contributed by atoms with Gasteiger partial charge in [0, 0.05) is 12.3 Å². The number of carboxylic acids is 1. The summed E-state index contributed by atoms with van der Waals surface area (Å²) >= 11 is 0. The first-order valence-electron chi connectivity index (χ1n) is 1.56. The Kier molecular flexibility index (Phi) is 2.70. The molecule has 0 saturated heterocycles. The van der Waals surface area contributed by atoms with E-state index < -0.39 is 5.97 Å². The fourth-order valence-electron chi connectivity index (χ4n) is 0.109. The average molecular weight is 103 g/mol. The third kappa shape index (κ3) is 4.97. The molecule has 0 spiro atoms. The van der Waals surface area contributed by atoms with Crippen LogP contribution in [0.3, 0.4) is 0 Å². The lowest BCUT2D eigenvalue weighted by atomic mass is 10.6. The first kappa shape index (κ1) is 5.97. The van der Waals surface area contributed by atoms with Gasteiger partial charge in [0.05, 0.1) is 0 Å². The van der Waals surface area contributed by atoms with Gasteiger partial charge in [0.15, 0.2) is 0 Å². The van der Waals surface area contributed by atoms with Crippen LogP contribution in [0.25, 0.3) is 0 Å². The summed E-state index contributed by atoms with van der Waals surface area (Å²) in [6, 6.07) is 0. The molecule has 0 bridgehead atoms. The van der Waals surface area contributed by atoms with Gasteiger partial charge in [0.1, 0.15) is 0 Å². The largest absolute Gasteiger partial charge is 0.478 e. The summed E-state index contributed by atoms with van der Waals surface area (Å²) in [5.41, 5.74) is 1.54. The quantitative estimate of drug-likeness (QED) is 0.327. The average Bonchev–Trinajstić information content (AvgIpc) is 1.61. The number of rotatable bonds is 2. The van der Waals surface area contributed by atoms with E-state index in [0.29, 0.717) is 0 Å². The van der Waals surface area contributed by atoms with Crippen molar-refractivity contribution in [1.29, 1.82) is 0 Å². The molecule has 0 aromatic rings. The van der Waals surface area contributed by atoms with E-state index in [9.17, 15) is 4.79 Å². The van der Waals surface area contributed by atoms with Gasteiger partial charge in [-0.3, -0.25) is 10.7 Å². The molecule has 0 aromatic heterocycles. The van der Waals surface area contributed by atoms with Crippen LogP contribution in [0.5, 0.6) is 0 Å². The van der Waals surface area contributed by atoms with Crippen LogP contribution in [0.4, 0.5) is 0 Å². The Balaban J connectivity index is 3.26. The number of nitrogens with one attached hydrogen (secondary N) is 1. The van der Waals surface area contributed by atoms with Crippen molar-refractivity contribution >= 4 is 5.97 Å². The molecule has 40 valence electrons. The second kappa shape index (κ2) is 3.17. The smallest absolute Gasteiger partial charge is 0.329 e. The van der Waals surface area contributed by atoms with E-state index in [1.165, 1.54) is 5.48 Å². The van der Waals surface area contributed by atoms with Crippen molar-refractivity contribution in [2.75, 3.05) is 0 Å². The fraction of sp³-hybridized carbons (Fsp3) is 0. The zero-order valence-electron chi connectivity index (χ0n) is 3.46. The molecule has 0 radical (unpaired) electrons. The number of aliphatic carboxylic acids is 1. The molecule has 0 amide bonds. The summed E-state index contributed by atoms with van der Waals surface area (Å²) in [6.07, 6.45) is 1.68. The van der Waals surface area contributed by atoms with Crippen LogP contribution in [0.15, 0.2) is 12.3 Å². The van der Waals surface area contributed by atoms with Gasteiger partial charge in [-0.1, -0.05) is 0 Å². The molecule has 0 fully saturated rings. The van der Waals surface area contributed by atoms with Crippen LogP contribution in [0.1, 0.15) is 0 Å². The number of carboxylic acid groups (broad SMARTS) is 1. The van der Waals surface area contributed by atoms with Crippen LogP contribution in [0, 0.1) is 0 Å². The number of hydrogen-bond acceptors (Lipinski definition) is 3. The molecule has 0 heterocycles. The SMILES string of the molecule is O=C(O)/C=C/NO. The van der Waals surface area contributed by atoms with E-state index in [2.05, 4.69) is 0 Å². The number of hydroxylamine groups is 1. The highest BCUT2D eigenvalue weighted by molar-refractivity contribution is 5.79. The number of carbonyl (C=O) groups is 1. The van der Waals surface area contributed by atoms with Crippen LogP contribution in [-0.4, -0.2) is 16.3 Å². The predicted molar refractivity (Wildman–Crippen MR) is 21.7 cm³/mol. The summed E-state index contributed by atoms with van der Waals surface area (Å²) in [4.78, 5) is 9.52. The molecular weight excluding hydrogens is 98.0 g/mol. The highest BCUT2D eigenvalue weighted by atomic mass is 16.5. The zero-order chi connectivity index (χ0) is 5.70. The minimum absolute atomic E-state index is 0.778. The predicted octanol–water partition coefficient (Wildman–Crippen LogP) is -0.437. The van der Waals surface area contributed by atoms with Crippen molar-refractivity contribution in [3.8, 4) is 0 Å². The van der Waals surface area contributed by atoms with Crippen molar-refractivity contribution in [3.05, 3.63) is 12.3 Å². The molecule has 0 aliphatic carbocycles. The second-order valence-electron chi connectivity index (χ2n) is 0.801. The van der Waals surface area contributed by atoms with E-state index in [1.807, 2.05) is 0 Å². The molecule has 0 unspecified atom stereocenters. The van der Waals surface area contributed by atoms with E-state index in [0.717, 1.165) is 12.3 Å². The minimum Gasteiger partial charge on any atom is -0.478 e. The maximum atomic E-state index is 9.52. The highest BCUT2D eigenvalue weighted by Crippen LogP contribution is 1.62. The maximum Gasteiger partial charge on any atom is 0.329 e. The lowest BCUT2D eigenvalue weighted by molar-refractivity contribution is -0.131. The summed E-state index contributed by atoms with van der Waals surface area (Å²) in [6.45, 7) is 0. The van der Waals surface area contributed by atoms with Gasteiger partial charge in [-0.15, -0.1) is 0 Å². The number of hydrogen-bond donors (Lipinski definition) is 3. The van der Waals surface area contributed by atoms with E-state index in [4.69, 9.17) is 10.3 Å². The van der Waals surface area contributed by atoms with E-state index in [-0.39, 0.29) is 0 Å². The fourth-order valence-corrected chi connectivity index (χ4v) is 0.109. The molecule has 0 aromatic carbocycles. The van der Waals surface area contributed by atoms with E-state index in [1.54, 1.807) is 0 Å². The Morgan fingerprint density at radius 3 is 2.43 bits per heavy atom. The Morgan fingerprint density at radius 2 is 2.29 bits per heavy atom. The van der Waals surface area contributed by atoms with Crippen molar-refractivity contribution < 1.29 is 15.1 Å². The van der Waals surface area contributed by atoms with Crippen LogP contribution in [-0.2, 0) is 4.79 Å². The van der Waals surface area contributed by atoms with Crippen molar-refractivity contribution in [2.45, 2.75) is 0 Å². The summed E-state index contributed by atoms with van der Waals surface area (Å²) in [5, 5.41) is 15.5. The third-order valence-electron chi connectivity index (χ3n) is 0.300. The molecule has 4 nitrogen and oxygen atoms in total. The van der Waals surface area contributed by atoms with Gasteiger partial charge in [-0.2, -0.15) is 0 Å². The van der Waals surface area contributed by atoms with Crippen LogP contribution >= 0.6 is 0 Å². The van der Waals surface area contributed by atoms with E-state index >= 15 is 0 Å². The first-order chi connectivity index (χ1) is 3.27. The second-order valence-corrected chi connectivity index (χ2v) is 0.801. The molecule has 4 heteroatoms. The summed E-state index contributed by atoms with van der Waals surface area (Å²) < 4.78 is 0. The maximum absolute atomic E-state index is 9.52. The molecule has 0 aliphatic heterocycles. The van der Waals surface area contributed by atoms with Crippen molar-refractivity contribution in [1.82, 2.24) is 5.48 Å². The van der Waals surface area contributed by atoms with Gasteiger partial charge in [0.2, 0.25) is 0 Å². The van der Waals surface area contributed by atoms with Gasteiger partial charge < -0.3 is 5.11 Å². The Labute approximate surface area is 40.0 Å². The van der Waals surface area contributed by atoms with Crippen molar-refractivity contribution in [3.63, 3.8) is 0 Å². The zero-order valence-corrected chi connectivity index (χ0v) is 3.46. The highest BCUT2D eigenvalue weighted by Gasteiger charge is 1.79. The normalized spacial score (nSPS) is 9.29. The standard InChI is InChI=1S/C3H5NO3/c5-3(6)1-2-4-7/h1-2,4,7H,(H,5,6)/b2-1+. The van der Waals surface area contributed by atoms with Crippen molar-refractivity contribution in [2.24, 2.45) is 0 Å². The molecule has 0 aliphatic rings. The summed E-state index contributed by atoms with van der Waals surface area (Å²) in [7, 11) is 0. The molecule has 7 heavy (non-hydrogen) atoms. The Hall–Kier alpha value is -1.03. The first-order valence-corrected chi connectivity index (χ1v) is 1.56. The lowest BCUT2D eigenvalue weighted by Gasteiger charge is -1.78. The van der Waals surface area contributed by atoms with Crippen LogP contribution < -0.4 is 5.48 Å². The van der Waals surface area contributed by atoms with Gasteiger partial charge >= 0.3 is 5.97 Å². The third-order valence-corrected chi connectivity index (χ3v) is 0.300. The van der Waals surface area contributed by atoms with Gasteiger partial charge in [-0.05, 0) is 0 Å². The molecule has 3 N–H and O–H groups in total. The summed E-state index contributed by atoms with van der Waals surface area (Å²) in [5.74, 6) is -1.10. The topological polar surface area (TPSA) is 69.6 Å². The van der Waals surface area contributed by atoms with Gasteiger partial charge in [-0.25, -0.2) is 4.79 Å². The molecule has 0 saturated carbocycles. The Bertz CT molecular complexity index is 88.2. The minimum atomic E-state index is -1.10. The monoisotopic (exact) mass is 103 g/mol. The Morgan fingerprint density at radius 1 is 1.71 bits per heavy atom. The van der Waals surface area contributed by atoms with Crippen LogP contribution in [0.2, 0.25) is 0 Å². The molecular formula is C3H5NO3. The molecule has 0 rings (SSSR count). The molecule has 0 atom stereocenters. The van der Waals surface area contributed by atoms with Gasteiger partial charge in [0.25, 0.3) is 0 Å².